The van der Waals surface area contributed by atoms with Crippen molar-refractivity contribution >= 4 is 94.5 Å². The Balaban J connectivity index is 1.21. The molecule has 0 radical (unpaired) electrons. The maximum atomic E-state index is 5.60. The molecule has 0 amide bonds. The lowest BCUT2D eigenvalue weighted by Gasteiger charge is -2.20. The minimum atomic E-state index is 0.697. The third kappa shape index (κ3) is 5.96. The van der Waals surface area contributed by atoms with Gasteiger partial charge in [0.2, 0.25) is 0 Å². The second-order valence-electron chi connectivity index (χ2n) is 16.0. The normalized spacial score (nSPS) is 11.8. The zero-order valence-corrected chi connectivity index (χ0v) is 36.2. The molecule has 4 heterocycles. The second-order valence-corrected chi connectivity index (χ2v) is 19.1. The summed E-state index contributed by atoms with van der Waals surface area (Å²) in [4.78, 5) is 10.9. The lowest BCUT2D eigenvalue weighted by Crippen LogP contribution is -1.99. The van der Waals surface area contributed by atoms with Crippen molar-refractivity contribution in [1.82, 2.24) is 9.97 Å². The monoisotopic (exact) mass is 854 g/mol. The smallest absolute Gasteiger partial charge is 0.160 e. The fourth-order valence-electron chi connectivity index (χ4n) is 9.44. The van der Waals surface area contributed by atoms with Crippen LogP contribution in [0, 0.1) is 0 Å². The first kappa shape index (κ1) is 36.4. The van der Waals surface area contributed by atoms with Crippen LogP contribution in [0.1, 0.15) is 0 Å². The van der Waals surface area contributed by atoms with Gasteiger partial charge in [-0.1, -0.05) is 170 Å². The summed E-state index contributed by atoms with van der Waals surface area (Å²) in [6.45, 7) is 0. The lowest BCUT2D eigenvalue weighted by atomic mass is 9.85. The fourth-order valence-corrected chi connectivity index (χ4v) is 13.1. The Hall–Kier alpha value is -7.28. The summed E-state index contributed by atoms with van der Waals surface area (Å²) >= 11 is 5.63. The summed E-state index contributed by atoms with van der Waals surface area (Å²) in [5, 5.41) is 7.67. The molecule has 13 rings (SSSR count). The van der Waals surface area contributed by atoms with Crippen LogP contribution in [-0.2, 0) is 0 Å². The van der Waals surface area contributed by atoms with E-state index in [1.54, 1.807) is 0 Å². The average molecular weight is 855 g/mol. The maximum absolute atomic E-state index is 5.60. The molecule has 0 aliphatic rings. The highest BCUT2D eigenvalue weighted by Crippen LogP contribution is 2.51. The van der Waals surface area contributed by atoms with Gasteiger partial charge in [0, 0.05) is 88.3 Å². The first-order valence-corrected chi connectivity index (χ1v) is 23.6. The SMILES string of the molecule is c1ccc(-c2cc(-c3c(-c4cccc5c4sc4ccccc45)cc(-c4cccc5c4sc4ccccc45)cc3-c3cccc4c3sc3ccccc34)nc(-c3ccccc3)n2)cc1. The molecule has 0 aliphatic carbocycles. The Labute approximate surface area is 375 Å². The quantitative estimate of drug-likeness (QED) is 0.167. The number of rotatable bonds is 6. The van der Waals surface area contributed by atoms with Crippen molar-refractivity contribution in [3.05, 3.63) is 206 Å². The molecular formula is C58H34N2S3. The van der Waals surface area contributed by atoms with Gasteiger partial charge in [-0.2, -0.15) is 0 Å². The van der Waals surface area contributed by atoms with Crippen LogP contribution in [0.4, 0.5) is 0 Å². The number of benzene rings is 9. The molecule has 0 saturated carbocycles. The summed E-state index contributed by atoms with van der Waals surface area (Å²) in [5.74, 6) is 0.697. The van der Waals surface area contributed by atoms with Gasteiger partial charge < -0.3 is 0 Å². The highest BCUT2D eigenvalue weighted by atomic mass is 32.1. The van der Waals surface area contributed by atoms with E-state index in [0.717, 1.165) is 39.2 Å². The Morgan fingerprint density at radius 3 is 1.17 bits per heavy atom. The fraction of sp³-hybridized carbons (Fsp3) is 0. The second kappa shape index (κ2) is 14.7. The summed E-state index contributed by atoms with van der Waals surface area (Å²) in [7, 11) is 0. The van der Waals surface area contributed by atoms with Gasteiger partial charge in [0.15, 0.2) is 5.82 Å². The van der Waals surface area contributed by atoms with Crippen LogP contribution in [0.2, 0.25) is 0 Å². The van der Waals surface area contributed by atoms with E-state index in [9.17, 15) is 0 Å². The first-order chi connectivity index (χ1) is 31.2. The predicted octanol–water partition coefficient (Wildman–Crippen LogP) is 17.6. The molecule has 5 heteroatoms. The van der Waals surface area contributed by atoms with Gasteiger partial charge >= 0.3 is 0 Å². The van der Waals surface area contributed by atoms with Crippen LogP contribution in [0.25, 0.3) is 128 Å². The zero-order valence-electron chi connectivity index (χ0n) is 33.7. The maximum Gasteiger partial charge on any atom is 0.160 e. The minimum absolute atomic E-state index is 0.697. The Morgan fingerprint density at radius 1 is 0.270 bits per heavy atom. The van der Waals surface area contributed by atoms with Crippen LogP contribution in [0.3, 0.4) is 0 Å². The van der Waals surface area contributed by atoms with E-state index in [0.29, 0.717) is 5.82 Å². The standard InChI is InChI=1S/C58H34N2S3/c1-3-16-35(17-4-1)49-34-50(60-58(59-49)36-18-5-2-6-19-36)54-47(45-27-14-25-43-40-21-8-11-30-52(40)62-56(43)45)32-37(38-23-13-24-42-39-20-7-10-29-51(39)61-55(38)42)33-48(54)46-28-15-26-44-41-22-9-12-31-53(41)63-57(44)46/h1-34H. The van der Waals surface area contributed by atoms with Crippen molar-refractivity contribution in [2.45, 2.75) is 0 Å². The molecular weight excluding hydrogens is 821 g/mol. The molecule has 0 bridgehead atoms. The van der Waals surface area contributed by atoms with Crippen LogP contribution in [0.5, 0.6) is 0 Å². The molecule has 0 aliphatic heterocycles. The predicted molar refractivity (Wildman–Crippen MR) is 273 cm³/mol. The molecule has 0 fully saturated rings. The number of hydrogen-bond donors (Lipinski definition) is 0. The summed E-state index contributed by atoms with van der Waals surface area (Å²) < 4.78 is 7.69. The molecule has 294 valence electrons. The van der Waals surface area contributed by atoms with Crippen molar-refractivity contribution in [2.24, 2.45) is 0 Å². The van der Waals surface area contributed by atoms with Gasteiger partial charge in [-0.25, -0.2) is 9.97 Å². The summed E-state index contributed by atoms with van der Waals surface area (Å²) in [6, 6.07) is 75.0. The molecule has 2 nitrogen and oxygen atoms in total. The van der Waals surface area contributed by atoms with E-state index in [4.69, 9.17) is 9.97 Å². The van der Waals surface area contributed by atoms with E-state index in [1.165, 1.54) is 82.8 Å². The number of thiophene rings is 3. The largest absolute Gasteiger partial charge is 0.228 e. The van der Waals surface area contributed by atoms with Gasteiger partial charge in [-0.3, -0.25) is 0 Å². The molecule has 9 aromatic carbocycles. The molecule has 0 atom stereocenters. The van der Waals surface area contributed by atoms with Crippen molar-refractivity contribution < 1.29 is 0 Å². The van der Waals surface area contributed by atoms with Crippen LogP contribution < -0.4 is 0 Å². The molecule has 0 unspecified atom stereocenters. The summed E-state index contributed by atoms with van der Waals surface area (Å²) in [5.41, 5.74) is 12.0. The van der Waals surface area contributed by atoms with Crippen molar-refractivity contribution in [3.63, 3.8) is 0 Å². The molecule has 0 saturated heterocycles. The molecule has 0 N–H and O–H groups in total. The van der Waals surface area contributed by atoms with E-state index in [1.807, 2.05) is 34.0 Å². The number of hydrogen-bond acceptors (Lipinski definition) is 5. The molecule has 63 heavy (non-hydrogen) atoms. The molecule has 13 aromatic rings. The van der Waals surface area contributed by atoms with Gasteiger partial charge in [0.25, 0.3) is 0 Å². The van der Waals surface area contributed by atoms with E-state index in [-0.39, 0.29) is 0 Å². The number of fused-ring (bicyclic) bond motifs is 9. The number of nitrogens with zero attached hydrogens (tertiary/aromatic N) is 2. The zero-order chi connectivity index (χ0) is 41.4. The Bertz CT molecular complexity index is 3720. The van der Waals surface area contributed by atoms with Crippen LogP contribution >= 0.6 is 34.0 Å². The van der Waals surface area contributed by atoms with Crippen molar-refractivity contribution in [1.29, 1.82) is 0 Å². The molecule has 0 spiro atoms. The van der Waals surface area contributed by atoms with Crippen molar-refractivity contribution in [3.8, 4) is 67.3 Å². The van der Waals surface area contributed by atoms with Gasteiger partial charge in [-0.05, 0) is 58.7 Å². The average Bonchev–Trinajstić information content (AvgIpc) is 4.06. The van der Waals surface area contributed by atoms with E-state index in [2.05, 4.69) is 206 Å². The van der Waals surface area contributed by atoms with Gasteiger partial charge in [0.1, 0.15) is 0 Å². The van der Waals surface area contributed by atoms with Crippen LogP contribution in [-0.4, -0.2) is 9.97 Å². The van der Waals surface area contributed by atoms with Gasteiger partial charge in [0.05, 0.1) is 11.4 Å². The first-order valence-electron chi connectivity index (χ1n) is 21.1. The lowest BCUT2D eigenvalue weighted by molar-refractivity contribution is 1.18. The van der Waals surface area contributed by atoms with Crippen LogP contribution in [0.15, 0.2) is 206 Å². The van der Waals surface area contributed by atoms with Crippen molar-refractivity contribution in [2.75, 3.05) is 0 Å². The van der Waals surface area contributed by atoms with Gasteiger partial charge in [-0.15, -0.1) is 34.0 Å². The third-order valence-electron chi connectivity index (χ3n) is 12.3. The topological polar surface area (TPSA) is 25.8 Å². The highest BCUT2D eigenvalue weighted by Gasteiger charge is 2.25. The summed E-state index contributed by atoms with van der Waals surface area (Å²) in [6.07, 6.45) is 0. The number of aromatic nitrogens is 2. The Morgan fingerprint density at radius 2 is 0.667 bits per heavy atom. The van der Waals surface area contributed by atoms with E-state index < -0.39 is 0 Å². The molecule has 4 aromatic heterocycles. The third-order valence-corrected chi connectivity index (χ3v) is 16.0. The van der Waals surface area contributed by atoms with E-state index >= 15 is 0 Å². The highest BCUT2D eigenvalue weighted by molar-refractivity contribution is 7.27. The minimum Gasteiger partial charge on any atom is -0.228 e. The Kier molecular flexibility index (Phi) is 8.48.